The van der Waals surface area contributed by atoms with Crippen LogP contribution in [-0.4, -0.2) is 17.6 Å². The number of carbonyl (C=O) groups is 1. The maximum atomic E-state index is 12.4. The van der Waals surface area contributed by atoms with Gasteiger partial charge in [-0.15, -0.1) is 11.3 Å². The number of rotatable bonds is 7. The molecule has 1 aliphatic rings. The molecule has 3 rings (SSSR count). The summed E-state index contributed by atoms with van der Waals surface area (Å²) in [7, 11) is 0. The molecule has 1 aliphatic carbocycles. The van der Waals surface area contributed by atoms with Gasteiger partial charge in [0.05, 0.1) is 12.6 Å². The zero-order valence-corrected chi connectivity index (χ0v) is 13.9. The number of para-hydroxylation sites is 1. The van der Waals surface area contributed by atoms with Gasteiger partial charge in [0.1, 0.15) is 5.01 Å². The summed E-state index contributed by atoms with van der Waals surface area (Å²) >= 11 is 1.59. The molecule has 1 heterocycles. The molecular formula is C17H21N3O2S. The second-order valence-corrected chi connectivity index (χ2v) is 6.50. The van der Waals surface area contributed by atoms with Gasteiger partial charge in [-0.05, 0) is 31.7 Å². The molecule has 2 N–H and O–H groups in total. The summed E-state index contributed by atoms with van der Waals surface area (Å²) in [6.45, 7) is 3.09. The molecule has 23 heavy (non-hydrogen) atoms. The standard InChI is InChI=1S/C17H21N3O2S/c1-2-22-11-13-5-3-4-6-14(13)19-17(21)20-15(12-7-8-12)16-18-9-10-23-16/h3-6,9-10,12,15H,2,7-8,11H2,1H3,(H2,19,20,21). The molecule has 122 valence electrons. The maximum Gasteiger partial charge on any atom is 0.319 e. The van der Waals surface area contributed by atoms with E-state index in [4.69, 9.17) is 4.74 Å². The predicted molar refractivity (Wildman–Crippen MR) is 91.5 cm³/mol. The number of nitrogens with zero attached hydrogens (tertiary/aromatic N) is 1. The van der Waals surface area contributed by atoms with Gasteiger partial charge in [0.15, 0.2) is 0 Å². The largest absolute Gasteiger partial charge is 0.377 e. The molecule has 1 unspecified atom stereocenters. The van der Waals surface area contributed by atoms with Gasteiger partial charge in [0, 0.05) is 29.4 Å². The van der Waals surface area contributed by atoms with Gasteiger partial charge in [-0.1, -0.05) is 18.2 Å². The van der Waals surface area contributed by atoms with Crippen LogP contribution in [0.1, 0.15) is 36.4 Å². The lowest BCUT2D eigenvalue weighted by Gasteiger charge is -2.17. The fourth-order valence-corrected chi connectivity index (χ4v) is 3.26. The summed E-state index contributed by atoms with van der Waals surface area (Å²) in [6, 6.07) is 7.52. The van der Waals surface area contributed by atoms with Gasteiger partial charge >= 0.3 is 6.03 Å². The van der Waals surface area contributed by atoms with Crippen molar-refractivity contribution in [3.63, 3.8) is 0 Å². The van der Waals surface area contributed by atoms with Crippen LogP contribution in [0, 0.1) is 5.92 Å². The molecule has 0 spiro atoms. The monoisotopic (exact) mass is 331 g/mol. The lowest BCUT2D eigenvalue weighted by Crippen LogP contribution is -2.33. The van der Waals surface area contributed by atoms with Crippen molar-refractivity contribution in [2.24, 2.45) is 5.92 Å². The van der Waals surface area contributed by atoms with E-state index in [0.29, 0.717) is 19.1 Å². The average molecular weight is 331 g/mol. The number of amides is 2. The first-order chi connectivity index (χ1) is 11.3. The Hall–Kier alpha value is -1.92. The first-order valence-corrected chi connectivity index (χ1v) is 8.78. The van der Waals surface area contributed by atoms with E-state index in [0.717, 1.165) is 29.1 Å². The number of ether oxygens (including phenoxy) is 1. The average Bonchev–Trinajstić information content (AvgIpc) is 3.26. The van der Waals surface area contributed by atoms with Gasteiger partial charge in [-0.2, -0.15) is 0 Å². The Morgan fingerprint density at radius 1 is 1.43 bits per heavy atom. The Labute approximate surface area is 140 Å². The number of nitrogens with one attached hydrogen (secondary N) is 2. The van der Waals surface area contributed by atoms with Crippen molar-refractivity contribution < 1.29 is 9.53 Å². The molecule has 0 saturated heterocycles. The molecule has 2 aromatic rings. The maximum absolute atomic E-state index is 12.4. The van der Waals surface area contributed by atoms with E-state index in [1.54, 1.807) is 17.5 Å². The summed E-state index contributed by atoms with van der Waals surface area (Å²) in [5, 5.41) is 8.93. The summed E-state index contributed by atoms with van der Waals surface area (Å²) in [5.41, 5.74) is 1.76. The Kier molecular flexibility index (Phi) is 5.25. The van der Waals surface area contributed by atoms with Crippen molar-refractivity contribution in [2.75, 3.05) is 11.9 Å². The first-order valence-electron chi connectivity index (χ1n) is 7.90. The van der Waals surface area contributed by atoms with Gasteiger partial charge in [-0.25, -0.2) is 9.78 Å². The smallest absolute Gasteiger partial charge is 0.319 e. The van der Waals surface area contributed by atoms with Gasteiger partial charge in [-0.3, -0.25) is 0 Å². The second-order valence-electron chi connectivity index (χ2n) is 5.58. The normalized spacial score (nSPS) is 15.2. The van der Waals surface area contributed by atoms with Crippen LogP contribution in [0.25, 0.3) is 0 Å². The number of anilines is 1. The van der Waals surface area contributed by atoms with E-state index < -0.39 is 0 Å². The van der Waals surface area contributed by atoms with Crippen LogP contribution in [0.5, 0.6) is 0 Å². The van der Waals surface area contributed by atoms with Crippen LogP contribution in [0.2, 0.25) is 0 Å². The molecular weight excluding hydrogens is 310 g/mol. The lowest BCUT2D eigenvalue weighted by atomic mass is 10.2. The Morgan fingerprint density at radius 2 is 2.26 bits per heavy atom. The highest BCUT2D eigenvalue weighted by atomic mass is 32.1. The highest BCUT2D eigenvalue weighted by molar-refractivity contribution is 7.09. The van der Waals surface area contributed by atoms with Crippen LogP contribution >= 0.6 is 11.3 Å². The fourth-order valence-electron chi connectivity index (χ4n) is 2.48. The Balaban J connectivity index is 1.65. The van der Waals surface area contributed by atoms with Crippen LogP contribution in [-0.2, 0) is 11.3 Å². The molecule has 1 saturated carbocycles. The van der Waals surface area contributed by atoms with Crippen molar-refractivity contribution in [1.29, 1.82) is 0 Å². The third-order valence-electron chi connectivity index (χ3n) is 3.82. The van der Waals surface area contributed by atoms with Gasteiger partial charge in [0.2, 0.25) is 0 Å². The van der Waals surface area contributed by atoms with E-state index >= 15 is 0 Å². The lowest BCUT2D eigenvalue weighted by molar-refractivity contribution is 0.134. The second kappa shape index (κ2) is 7.57. The molecule has 2 amide bonds. The minimum absolute atomic E-state index is 0.00838. The summed E-state index contributed by atoms with van der Waals surface area (Å²) in [4.78, 5) is 16.7. The topological polar surface area (TPSA) is 63.2 Å². The highest BCUT2D eigenvalue weighted by Gasteiger charge is 2.35. The third kappa shape index (κ3) is 4.30. The highest BCUT2D eigenvalue weighted by Crippen LogP contribution is 2.41. The molecule has 1 aromatic heterocycles. The van der Waals surface area contributed by atoms with E-state index in [2.05, 4.69) is 15.6 Å². The number of thiazole rings is 1. The molecule has 0 radical (unpaired) electrons. The van der Waals surface area contributed by atoms with E-state index in [1.165, 1.54) is 0 Å². The van der Waals surface area contributed by atoms with E-state index in [1.807, 2.05) is 36.6 Å². The first kappa shape index (κ1) is 16.0. The van der Waals surface area contributed by atoms with Gasteiger partial charge in [0.25, 0.3) is 0 Å². The summed E-state index contributed by atoms with van der Waals surface area (Å²) < 4.78 is 5.45. The van der Waals surface area contributed by atoms with Crippen LogP contribution in [0.15, 0.2) is 35.8 Å². The molecule has 1 aromatic carbocycles. The van der Waals surface area contributed by atoms with Crippen molar-refractivity contribution in [3.8, 4) is 0 Å². The molecule has 5 nitrogen and oxygen atoms in total. The van der Waals surface area contributed by atoms with Crippen molar-refractivity contribution >= 4 is 23.1 Å². The van der Waals surface area contributed by atoms with E-state index in [-0.39, 0.29) is 12.1 Å². The minimum Gasteiger partial charge on any atom is -0.377 e. The van der Waals surface area contributed by atoms with Gasteiger partial charge < -0.3 is 15.4 Å². The molecule has 6 heteroatoms. The number of carbonyl (C=O) groups excluding carboxylic acids is 1. The van der Waals surface area contributed by atoms with Crippen LogP contribution < -0.4 is 10.6 Å². The third-order valence-corrected chi connectivity index (χ3v) is 4.68. The number of aromatic nitrogens is 1. The van der Waals surface area contributed by atoms with Crippen molar-refractivity contribution in [3.05, 3.63) is 46.4 Å². The Morgan fingerprint density at radius 3 is 2.96 bits per heavy atom. The zero-order chi connectivity index (χ0) is 16.1. The zero-order valence-electron chi connectivity index (χ0n) is 13.1. The van der Waals surface area contributed by atoms with Crippen molar-refractivity contribution in [2.45, 2.75) is 32.4 Å². The predicted octanol–water partition coefficient (Wildman–Crippen LogP) is 3.95. The van der Waals surface area contributed by atoms with E-state index in [9.17, 15) is 4.79 Å². The quantitative estimate of drug-likeness (QED) is 0.807. The SMILES string of the molecule is CCOCc1ccccc1NC(=O)NC(c1nccs1)C1CC1. The molecule has 0 aliphatic heterocycles. The molecule has 0 bridgehead atoms. The number of hydrogen-bond acceptors (Lipinski definition) is 4. The Bertz CT molecular complexity index is 641. The number of urea groups is 1. The number of benzene rings is 1. The summed E-state index contributed by atoms with van der Waals surface area (Å²) in [5.74, 6) is 0.505. The fraction of sp³-hybridized carbons (Fsp3) is 0.412. The number of hydrogen-bond donors (Lipinski definition) is 2. The molecule has 1 atom stereocenters. The minimum atomic E-state index is -0.193. The van der Waals surface area contributed by atoms with Crippen LogP contribution in [0.4, 0.5) is 10.5 Å². The summed E-state index contributed by atoms with van der Waals surface area (Å²) in [6.07, 6.45) is 4.07. The van der Waals surface area contributed by atoms with Crippen molar-refractivity contribution in [1.82, 2.24) is 10.3 Å². The van der Waals surface area contributed by atoms with Crippen LogP contribution in [0.3, 0.4) is 0 Å². The molecule has 1 fully saturated rings.